The molecule has 1 heterocycles. The monoisotopic (exact) mass is 389 g/mol. The van der Waals surface area contributed by atoms with Gasteiger partial charge in [0.1, 0.15) is 5.75 Å². The second kappa shape index (κ2) is 7.87. The van der Waals surface area contributed by atoms with E-state index in [2.05, 4.69) is 15.6 Å². The van der Waals surface area contributed by atoms with Crippen LogP contribution in [0.2, 0.25) is 0 Å². The number of ether oxygens (including phenoxy) is 1. The van der Waals surface area contributed by atoms with Crippen LogP contribution < -0.4 is 15.6 Å². The standard InChI is InChI=1S/C19H14F3N3O3/c20-19(21,22)28-14-9-7-13(8-10-14)17(26)23-24-18(27)15-5-1-2-6-16(15)25-11-3-4-12-25/h1-12H,(H,23,26)(H,24,27). The number of benzene rings is 2. The summed E-state index contributed by atoms with van der Waals surface area (Å²) in [5.74, 6) is -1.69. The van der Waals surface area contributed by atoms with Crippen molar-refractivity contribution in [3.8, 4) is 11.4 Å². The largest absolute Gasteiger partial charge is 0.573 e. The Bertz CT molecular complexity index is 968. The van der Waals surface area contributed by atoms with E-state index in [-0.39, 0.29) is 5.56 Å². The van der Waals surface area contributed by atoms with Gasteiger partial charge in [0.25, 0.3) is 11.8 Å². The van der Waals surface area contributed by atoms with E-state index >= 15 is 0 Å². The Morgan fingerprint density at radius 1 is 0.821 bits per heavy atom. The Kier molecular flexibility index (Phi) is 5.35. The average molecular weight is 389 g/mol. The number of aromatic nitrogens is 1. The zero-order valence-corrected chi connectivity index (χ0v) is 14.2. The molecule has 0 saturated carbocycles. The topological polar surface area (TPSA) is 72.4 Å². The van der Waals surface area contributed by atoms with Gasteiger partial charge < -0.3 is 9.30 Å². The lowest BCUT2D eigenvalue weighted by molar-refractivity contribution is -0.274. The third-order valence-electron chi connectivity index (χ3n) is 3.67. The highest BCUT2D eigenvalue weighted by Gasteiger charge is 2.31. The van der Waals surface area contributed by atoms with Gasteiger partial charge >= 0.3 is 6.36 Å². The van der Waals surface area contributed by atoms with Crippen LogP contribution in [0.15, 0.2) is 73.1 Å². The first-order chi connectivity index (χ1) is 13.3. The van der Waals surface area contributed by atoms with Gasteiger partial charge in [-0.05, 0) is 48.5 Å². The molecule has 3 aromatic rings. The molecule has 6 nitrogen and oxygen atoms in total. The maximum absolute atomic E-state index is 12.4. The smallest absolute Gasteiger partial charge is 0.406 e. The maximum atomic E-state index is 12.4. The van der Waals surface area contributed by atoms with Crippen LogP contribution in [0.1, 0.15) is 20.7 Å². The van der Waals surface area contributed by atoms with Crippen molar-refractivity contribution >= 4 is 11.8 Å². The molecule has 9 heteroatoms. The molecule has 2 amide bonds. The molecule has 0 unspecified atom stereocenters. The minimum atomic E-state index is -4.81. The van der Waals surface area contributed by atoms with Crippen LogP contribution in [-0.4, -0.2) is 22.7 Å². The summed E-state index contributed by atoms with van der Waals surface area (Å²) in [5.41, 5.74) is 5.51. The van der Waals surface area contributed by atoms with Gasteiger partial charge in [-0.1, -0.05) is 12.1 Å². The number of hydrazine groups is 1. The number of nitrogens with zero attached hydrogens (tertiary/aromatic N) is 1. The van der Waals surface area contributed by atoms with Crippen LogP contribution in [-0.2, 0) is 0 Å². The fraction of sp³-hybridized carbons (Fsp3) is 0.0526. The Morgan fingerprint density at radius 3 is 2.07 bits per heavy atom. The highest BCUT2D eigenvalue weighted by Crippen LogP contribution is 2.22. The molecule has 2 N–H and O–H groups in total. The highest BCUT2D eigenvalue weighted by atomic mass is 19.4. The minimum absolute atomic E-state index is 0.0496. The molecule has 0 aliphatic heterocycles. The quantitative estimate of drug-likeness (QED) is 0.672. The van der Waals surface area contributed by atoms with Gasteiger partial charge in [-0.3, -0.25) is 20.4 Å². The Labute approximate surface area is 157 Å². The zero-order chi connectivity index (χ0) is 20.1. The Morgan fingerprint density at radius 2 is 1.43 bits per heavy atom. The second-order valence-electron chi connectivity index (χ2n) is 5.59. The molecular weight excluding hydrogens is 375 g/mol. The maximum Gasteiger partial charge on any atom is 0.573 e. The van der Waals surface area contributed by atoms with Crippen LogP contribution in [0.5, 0.6) is 5.75 Å². The van der Waals surface area contributed by atoms with E-state index in [0.29, 0.717) is 11.3 Å². The number of nitrogens with one attached hydrogen (secondary N) is 2. The zero-order valence-electron chi connectivity index (χ0n) is 14.2. The molecule has 0 radical (unpaired) electrons. The average Bonchev–Trinajstić information content (AvgIpc) is 3.20. The van der Waals surface area contributed by atoms with Crippen molar-refractivity contribution in [1.29, 1.82) is 0 Å². The van der Waals surface area contributed by atoms with E-state index in [1.54, 1.807) is 41.2 Å². The van der Waals surface area contributed by atoms with E-state index in [9.17, 15) is 22.8 Å². The van der Waals surface area contributed by atoms with Crippen molar-refractivity contribution in [2.45, 2.75) is 6.36 Å². The van der Waals surface area contributed by atoms with Crippen LogP contribution in [0.4, 0.5) is 13.2 Å². The fourth-order valence-corrected chi connectivity index (χ4v) is 2.45. The van der Waals surface area contributed by atoms with Crippen LogP contribution >= 0.6 is 0 Å². The summed E-state index contributed by atoms with van der Waals surface area (Å²) in [6, 6.07) is 14.7. The van der Waals surface area contributed by atoms with Gasteiger partial charge in [-0.2, -0.15) is 0 Å². The van der Waals surface area contributed by atoms with E-state index in [1.165, 1.54) is 0 Å². The number of rotatable bonds is 4. The SMILES string of the molecule is O=C(NNC(=O)c1ccccc1-n1cccc1)c1ccc(OC(F)(F)F)cc1. The number of hydrogen-bond donors (Lipinski definition) is 2. The van der Waals surface area contributed by atoms with Crippen molar-refractivity contribution < 1.29 is 27.5 Å². The fourth-order valence-electron chi connectivity index (χ4n) is 2.45. The van der Waals surface area contributed by atoms with Gasteiger partial charge in [0.2, 0.25) is 0 Å². The second-order valence-corrected chi connectivity index (χ2v) is 5.59. The van der Waals surface area contributed by atoms with Gasteiger partial charge in [-0.15, -0.1) is 13.2 Å². The van der Waals surface area contributed by atoms with E-state index in [4.69, 9.17) is 0 Å². The van der Waals surface area contributed by atoms with Crippen molar-refractivity contribution in [3.05, 3.63) is 84.2 Å². The summed E-state index contributed by atoms with van der Waals surface area (Å²) in [4.78, 5) is 24.5. The summed E-state index contributed by atoms with van der Waals surface area (Å²) < 4.78 is 41.9. The minimum Gasteiger partial charge on any atom is -0.406 e. The van der Waals surface area contributed by atoms with E-state index in [0.717, 1.165) is 24.3 Å². The summed E-state index contributed by atoms with van der Waals surface area (Å²) in [5, 5.41) is 0. The van der Waals surface area contributed by atoms with Gasteiger partial charge in [0, 0.05) is 18.0 Å². The number of carbonyl (C=O) groups is 2. The first-order valence-electron chi connectivity index (χ1n) is 8.02. The van der Waals surface area contributed by atoms with Gasteiger partial charge in [0.05, 0.1) is 11.3 Å². The molecule has 0 bridgehead atoms. The highest BCUT2D eigenvalue weighted by molar-refractivity contribution is 6.01. The molecule has 3 rings (SSSR count). The molecule has 1 aromatic heterocycles. The number of alkyl halides is 3. The molecule has 0 fully saturated rings. The molecule has 0 aliphatic carbocycles. The van der Waals surface area contributed by atoms with Crippen molar-refractivity contribution in [2.24, 2.45) is 0 Å². The first-order valence-corrected chi connectivity index (χ1v) is 8.02. The van der Waals surface area contributed by atoms with Crippen LogP contribution in [0, 0.1) is 0 Å². The lowest BCUT2D eigenvalue weighted by Gasteiger charge is -2.12. The van der Waals surface area contributed by atoms with E-state index < -0.39 is 23.9 Å². The number of para-hydroxylation sites is 1. The van der Waals surface area contributed by atoms with E-state index in [1.807, 2.05) is 12.1 Å². The molecule has 2 aromatic carbocycles. The molecule has 28 heavy (non-hydrogen) atoms. The molecule has 0 aliphatic rings. The number of amides is 2. The molecule has 0 spiro atoms. The normalized spacial score (nSPS) is 11.0. The van der Waals surface area contributed by atoms with Crippen molar-refractivity contribution in [2.75, 3.05) is 0 Å². The summed E-state index contributed by atoms with van der Waals surface area (Å²) in [6.45, 7) is 0. The number of carbonyl (C=O) groups excluding carboxylic acids is 2. The number of hydrogen-bond acceptors (Lipinski definition) is 3. The third kappa shape index (κ3) is 4.70. The number of halogens is 3. The van der Waals surface area contributed by atoms with Gasteiger partial charge in [-0.25, -0.2) is 0 Å². The third-order valence-corrected chi connectivity index (χ3v) is 3.67. The van der Waals surface area contributed by atoms with Crippen LogP contribution in [0.3, 0.4) is 0 Å². The first kappa shape index (κ1) is 19.0. The summed E-state index contributed by atoms with van der Waals surface area (Å²) in [7, 11) is 0. The molecular formula is C19H14F3N3O3. The predicted octanol–water partition coefficient (Wildman–Crippen LogP) is 3.45. The Balaban J connectivity index is 1.65. The van der Waals surface area contributed by atoms with Gasteiger partial charge in [0.15, 0.2) is 0 Å². The Hall–Kier alpha value is -3.75. The molecule has 0 atom stereocenters. The van der Waals surface area contributed by atoms with Crippen LogP contribution in [0.25, 0.3) is 5.69 Å². The predicted molar refractivity (Wildman–Crippen MR) is 93.8 cm³/mol. The van der Waals surface area contributed by atoms with Crippen molar-refractivity contribution in [3.63, 3.8) is 0 Å². The molecule has 144 valence electrons. The lowest BCUT2D eigenvalue weighted by Crippen LogP contribution is -2.41. The summed E-state index contributed by atoms with van der Waals surface area (Å²) in [6.07, 6.45) is -1.27. The summed E-state index contributed by atoms with van der Waals surface area (Å²) >= 11 is 0. The lowest BCUT2D eigenvalue weighted by atomic mass is 10.1. The van der Waals surface area contributed by atoms with Crippen molar-refractivity contribution in [1.82, 2.24) is 15.4 Å². The molecule has 0 saturated heterocycles.